The smallest absolute Gasteiger partial charge is 0.231 e. The number of methoxy groups -OCH3 is 1. The molecule has 0 radical (unpaired) electrons. The Hall–Kier alpha value is -3.26. The molecule has 2 amide bonds. The van der Waals surface area contributed by atoms with Gasteiger partial charge in [0.2, 0.25) is 16.9 Å². The van der Waals surface area contributed by atoms with Crippen LogP contribution in [0.3, 0.4) is 0 Å². The van der Waals surface area contributed by atoms with Crippen LogP contribution >= 0.6 is 11.3 Å². The minimum absolute atomic E-state index is 0.0388. The molecule has 8 heteroatoms. The summed E-state index contributed by atoms with van der Waals surface area (Å²) in [6.45, 7) is 0.797. The summed E-state index contributed by atoms with van der Waals surface area (Å²) in [7, 11) is 1.61. The van der Waals surface area contributed by atoms with Crippen molar-refractivity contribution < 1.29 is 14.3 Å². The van der Waals surface area contributed by atoms with Gasteiger partial charge >= 0.3 is 0 Å². The van der Waals surface area contributed by atoms with Crippen LogP contribution < -0.4 is 10.1 Å². The highest BCUT2D eigenvalue weighted by Gasteiger charge is 2.35. The minimum Gasteiger partial charge on any atom is -0.496 e. The summed E-state index contributed by atoms with van der Waals surface area (Å²) in [4.78, 5) is 26.8. The van der Waals surface area contributed by atoms with Crippen LogP contribution in [0.4, 0.5) is 5.13 Å². The molecule has 0 unspecified atom stereocenters. The summed E-state index contributed by atoms with van der Waals surface area (Å²) >= 11 is 1.35. The lowest BCUT2D eigenvalue weighted by Crippen LogP contribution is -2.28. The number of ether oxygens (including phenoxy) is 1. The SMILES string of the molecule is COc1ccccc1CN1C[C@@H](C(=O)Nc2nnc(Cc3ccccc3)s2)CC1=O. The van der Waals surface area contributed by atoms with Crippen LogP contribution in [0, 0.1) is 5.92 Å². The van der Waals surface area contributed by atoms with Crippen LogP contribution in [0.5, 0.6) is 5.75 Å². The summed E-state index contributed by atoms with van der Waals surface area (Å²) in [6, 6.07) is 17.6. The number of nitrogens with one attached hydrogen (secondary N) is 1. The monoisotopic (exact) mass is 422 g/mol. The Labute approximate surface area is 178 Å². The van der Waals surface area contributed by atoms with E-state index in [-0.39, 0.29) is 18.2 Å². The fourth-order valence-corrected chi connectivity index (χ4v) is 4.27. The van der Waals surface area contributed by atoms with Gasteiger partial charge in [-0.2, -0.15) is 0 Å². The van der Waals surface area contributed by atoms with Crippen molar-refractivity contribution in [1.29, 1.82) is 0 Å². The van der Waals surface area contributed by atoms with E-state index >= 15 is 0 Å². The zero-order valence-electron chi connectivity index (χ0n) is 16.6. The van der Waals surface area contributed by atoms with E-state index in [2.05, 4.69) is 15.5 Å². The number of anilines is 1. The highest BCUT2D eigenvalue weighted by Crippen LogP contribution is 2.26. The number of aromatic nitrogens is 2. The largest absolute Gasteiger partial charge is 0.496 e. The quantitative estimate of drug-likeness (QED) is 0.632. The molecule has 0 bridgehead atoms. The third kappa shape index (κ3) is 4.65. The van der Waals surface area contributed by atoms with E-state index in [4.69, 9.17) is 4.74 Å². The maximum absolute atomic E-state index is 12.7. The predicted octanol–water partition coefficient (Wildman–Crippen LogP) is 3.12. The standard InChI is InChI=1S/C22H22N4O3S/c1-29-18-10-6-5-9-16(18)13-26-14-17(12-20(26)27)21(28)23-22-25-24-19(30-22)11-15-7-3-2-4-8-15/h2-10,17H,11-14H2,1H3,(H,23,25,28)/t17-/m0/s1. The Kier molecular flexibility index (Phi) is 6.04. The lowest BCUT2D eigenvalue weighted by Gasteiger charge is -2.18. The number of carbonyl (C=O) groups excluding carboxylic acids is 2. The second-order valence-corrected chi connectivity index (χ2v) is 8.20. The van der Waals surface area contributed by atoms with Gasteiger partial charge < -0.3 is 15.0 Å². The van der Waals surface area contributed by atoms with Crippen LogP contribution in [-0.2, 0) is 22.6 Å². The molecule has 154 valence electrons. The highest BCUT2D eigenvalue weighted by molar-refractivity contribution is 7.15. The molecular weight excluding hydrogens is 400 g/mol. The van der Waals surface area contributed by atoms with Gasteiger partial charge in [-0.05, 0) is 11.6 Å². The maximum Gasteiger partial charge on any atom is 0.231 e. The van der Waals surface area contributed by atoms with Crippen LogP contribution in [0.15, 0.2) is 54.6 Å². The van der Waals surface area contributed by atoms with Gasteiger partial charge in [0.15, 0.2) is 0 Å². The fourth-order valence-electron chi connectivity index (χ4n) is 3.49. The zero-order chi connectivity index (χ0) is 20.9. The van der Waals surface area contributed by atoms with Crippen molar-refractivity contribution in [2.45, 2.75) is 19.4 Å². The number of rotatable bonds is 7. The number of carbonyl (C=O) groups is 2. The second kappa shape index (κ2) is 9.04. The van der Waals surface area contributed by atoms with E-state index in [0.717, 1.165) is 21.9 Å². The van der Waals surface area contributed by atoms with E-state index in [1.165, 1.54) is 11.3 Å². The third-order valence-corrected chi connectivity index (χ3v) is 5.87. The van der Waals surface area contributed by atoms with Gasteiger partial charge in [-0.3, -0.25) is 9.59 Å². The molecule has 1 N–H and O–H groups in total. The molecule has 30 heavy (non-hydrogen) atoms. The van der Waals surface area contributed by atoms with Crippen LogP contribution in [-0.4, -0.2) is 40.6 Å². The van der Waals surface area contributed by atoms with Crippen LogP contribution in [0.1, 0.15) is 22.6 Å². The molecule has 7 nitrogen and oxygen atoms in total. The Morgan fingerprint density at radius 3 is 2.73 bits per heavy atom. The molecule has 1 aliphatic rings. The number of hydrogen-bond donors (Lipinski definition) is 1. The second-order valence-electron chi connectivity index (χ2n) is 7.14. The molecule has 2 aromatic carbocycles. The lowest BCUT2D eigenvalue weighted by atomic mass is 10.1. The van der Waals surface area contributed by atoms with Gasteiger partial charge in [-0.25, -0.2) is 0 Å². The summed E-state index contributed by atoms with van der Waals surface area (Å²) in [5, 5.41) is 12.3. The fraction of sp³-hybridized carbons (Fsp3) is 0.273. The number of para-hydroxylation sites is 1. The van der Waals surface area contributed by atoms with Crippen molar-refractivity contribution in [3.05, 3.63) is 70.7 Å². The van der Waals surface area contributed by atoms with E-state index in [1.807, 2.05) is 54.6 Å². The van der Waals surface area contributed by atoms with Gasteiger partial charge in [0.25, 0.3) is 0 Å². The molecule has 1 aromatic heterocycles. The van der Waals surface area contributed by atoms with Crippen molar-refractivity contribution in [3.63, 3.8) is 0 Å². The van der Waals surface area contributed by atoms with E-state index in [1.54, 1.807) is 12.0 Å². The first-order chi connectivity index (χ1) is 14.6. The summed E-state index contributed by atoms with van der Waals surface area (Å²) in [6.07, 6.45) is 0.861. The Bertz CT molecular complexity index is 1040. The minimum atomic E-state index is -0.409. The first-order valence-corrected chi connectivity index (χ1v) is 10.5. The molecule has 0 spiro atoms. The number of amides is 2. The zero-order valence-corrected chi connectivity index (χ0v) is 17.4. The van der Waals surface area contributed by atoms with Crippen molar-refractivity contribution in [3.8, 4) is 5.75 Å². The summed E-state index contributed by atoms with van der Waals surface area (Å²) in [5.41, 5.74) is 2.06. The summed E-state index contributed by atoms with van der Waals surface area (Å²) < 4.78 is 5.36. The molecule has 3 aromatic rings. The molecular formula is C22H22N4O3S. The molecule has 1 saturated heterocycles. The Morgan fingerprint density at radius 2 is 1.93 bits per heavy atom. The highest BCUT2D eigenvalue weighted by atomic mass is 32.1. The topological polar surface area (TPSA) is 84.4 Å². The average molecular weight is 423 g/mol. The van der Waals surface area contributed by atoms with Crippen LogP contribution in [0.2, 0.25) is 0 Å². The maximum atomic E-state index is 12.7. The predicted molar refractivity (Wildman–Crippen MR) is 114 cm³/mol. The van der Waals surface area contributed by atoms with Gasteiger partial charge in [-0.1, -0.05) is 59.9 Å². The molecule has 1 fully saturated rings. The molecule has 2 heterocycles. The Balaban J connectivity index is 1.35. The van der Waals surface area contributed by atoms with Crippen molar-refractivity contribution in [1.82, 2.24) is 15.1 Å². The van der Waals surface area contributed by atoms with Gasteiger partial charge in [0.1, 0.15) is 10.8 Å². The molecule has 0 aliphatic carbocycles. The molecule has 0 saturated carbocycles. The van der Waals surface area contributed by atoms with Crippen molar-refractivity contribution in [2.75, 3.05) is 19.0 Å². The van der Waals surface area contributed by atoms with E-state index in [0.29, 0.717) is 24.6 Å². The lowest BCUT2D eigenvalue weighted by molar-refractivity contribution is -0.128. The van der Waals surface area contributed by atoms with E-state index in [9.17, 15) is 9.59 Å². The van der Waals surface area contributed by atoms with Crippen LogP contribution in [0.25, 0.3) is 0 Å². The van der Waals surface area contributed by atoms with Crippen molar-refractivity contribution in [2.24, 2.45) is 5.92 Å². The summed E-state index contributed by atoms with van der Waals surface area (Å²) in [5.74, 6) is 0.0862. The third-order valence-electron chi connectivity index (χ3n) is 5.03. The Morgan fingerprint density at radius 1 is 1.17 bits per heavy atom. The normalized spacial score (nSPS) is 16.0. The van der Waals surface area contributed by atoms with Gasteiger partial charge in [0.05, 0.1) is 13.0 Å². The number of nitrogens with zero attached hydrogens (tertiary/aromatic N) is 3. The molecule has 1 atom stereocenters. The van der Waals surface area contributed by atoms with Crippen molar-refractivity contribution >= 4 is 28.3 Å². The molecule has 1 aliphatic heterocycles. The molecule has 4 rings (SSSR count). The van der Waals surface area contributed by atoms with Gasteiger partial charge in [-0.15, -0.1) is 10.2 Å². The van der Waals surface area contributed by atoms with Gasteiger partial charge in [0, 0.05) is 31.5 Å². The average Bonchev–Trinajstić information content (AvgIpc) is 3.35. The number of hydrogen-bond acceptors (Lipinski definition) is 6. The number of benzene rings is 2. The van der Waals surface area contributed by atoms with E-state index < -0.39 is 5.92 Å². The first kappa shape index (κ1) is 20.0. The first-order valence-electron chi connectivity index (χ1n) is 9.69. The number of likely N-dealkylation sites (tertiary alicyclic amines) is 1.